The minimum absolute atomic E-state index is 0.203. The van der Waals surface area contributed by atoms with Crippen LogP contribution < -0.4 is 4.90 Å². The third kappa shape index (κ3) is 4.06. The van der Waals surface area contributed by atoms with Crippen molar-refractivity contribution in [3.05, 3.63) is 83.9 Å². The highest BCUT2D eigenvalue weighted by atomic mass is 16.5. The van der Waals surface area contributed by atoms with Gasteiger partial charge < -0.3 is 14.7 Å². The number of carbonyl (C=O) groups excluding carboxylic acids is 2. The van der Waals surface area contributed by atoms with E-state index in [9.17, 15) is 14.7 Å². The molecule has 30 heavy (non-hydrogen) atoms. The first kappa shape index (κ1) is 19.7. The fourth-order valence-corrected chi connectivity index (χ4v) is 3.71. The average Bonchev–Trinajstić information content (AvgIpc) is 2.78. The van der Waals surface area contributed by atoms with Gasteiger partial charge in [-0.25, -0.2) is 4.79 Å². The number of phenolic OH excluding ortho intramolecular Hbond substituents is 1. The molecule has 0 saturated heterocycles. The smallest absolute Gasteiger partial charge is 0.338 e. The van der Waals surface area contributed by atoms with Crippen LogP contribution in [0.15, 0.2) is 72.8 Å². The Balaban J connectivity index is 1.43. The Labute approximate surface area is 175 Å². The second-order valence-corrected chi connectivity index (χ2v) is 7.39. The van der Waals surface area contributed by atoms with Crippen LogP contribution in [0.3, 0.4) is 0 Å². The Morgan fingerprint density at radius 1 is 0.933 bits per heavy atom. The van der Waals surface area contributed by atoms with E-state index in [-0.39, 0.29) is 11.7 Å². The summed E-state index contributed by atoms with van der Waals surface area (Å²) in [7, 11) is 0. The van der Waals surface area contributed by atoms with Crippen LogP contribution in [0.4, 0.5) is 5.69 Å². The number of anilines is 1. The van der Waals surface area contributed by atoms with Gasteiger partial charge in [-0.05, 0) is 66.8 Å². The fraction of sp³-hybridized carbons (Fsp3) is 0.200. The third-order valence-electron chi connectivity index (χ3n) is 5.33. The molecule has 3 aromatic rings. The number of fused-ring (bicyclic) bond motifs is 1. The maximum absolute atomic E-state index is 12.9. The van der Waals surface area contributed by atoms with Crippen molar-refractivity contribution in [3.8, 4) is 16.9 Å². The highest BCUT2D eigenvalue weighted by molar-refractivity contribution is 5.99. The zero-order valence-electron chi connectivity index (χ0n) is 16.7. The van der Waals surface area contributed by atoms with E-state index in [2.05, 4.69) is 0 Å². The summed E-state index contributed by atoms with van der Waals surface area (Å²) in [5.74, 6) is -0.538. The quantitative estimate of drug-likeness (QED) is 0.650. The van der Waals surface area contributed by atoms with E-state index < -0.39 is 12.1 Å². The van der Waals surface area contributed by atoms with E-state index in [1.807, 2.05) is 36.4 Å². The molecule has 1 amide bonds. The lowest BCUT2D eigenvalue weighted by molar-refractivity contribution is -0.126. The first-order valence-corrected chi connectivity index (χ1v) is 10.0. The number of aromatic hydroxyl groups is 1. The molecule has 0 aromatic heterocycles. The number of benzene rings is 3. The van der Waals surface area contributed by atoms with E-state index in [1.165, 1.54) is 0 Å². The summed E-state index contributed by atoms with van der Waals surface area (Å²) in [4.78, 5) is 27.2. The summed E-state index contributed by atoms with van der Waals surface area (Å²) >= 11 is 0. The SMILES string of the molecule is CC(OC(=O)c1ccc(-c2ccc(O)cc2)cc1)C(=O)N1CCCc2ccccc21. The van der Waals surface area contributed by atoms with Gasteiger partial charge in [-0.2, -0.15) is 0 Å². The lowest BCUT2D eigenvalue weighted by Crippen LogP contribution is -2.42. The molecular formula is C25H23NO4. The molecule has 0 bridgehead atoms. The molecule has 3 aromatic carbocycles. The first-order valence-electron chi connectivity index (χ1n) is 10.0. The highest BCUT2D eigenvalue weighted by Gasteiger charge is 2.28. The number of para-hydroxylation sites is 1. The second kappa shape index (κ2) is 8.41. The van der Waals surface area contributed by atoms with Crippen molar-refractivity contribution in [2.75, 3.05) is 11.4 Å². The Morgan fingerprint density at radius 2 is 1.57 bits per heavy atom. The Kier molecular flexibility index (Phi) is 5.53. The van der Waals surface area contributed by atoms with Gasteiger partial charge in [-0.15, -0.1) is 0 Å². The van der Waals surface area contributed by atoms with Gasteiger partial charge in [0.1, 0.15) is 5.75 Å². The summed E-state index contributed by atoms with van der Waals surface area (Å²) in [6.45, 7) is 2.24. The van der Waals surface area contributed by atoms with E-state index in [4.69, 9.17) is 4.74 Å². The van der Waals surface area contributed by atoms with Crippen molar-refractivity contribution in [2.24, 2.45) is 0 Å². The standard InChI is InChI=1S/C25H23NO4/c1-17(24(28)26-16-4-6-20-5-2-3-7-23(20)26)30-25(29)21-10-8-18(9-11-21)19-12-14-22(27)15-13-19/h2-3,5,7-15,17,27H,4,6,16H2,1H3. The molecule has 0 radical (unpaired) electrons. The minimum atomic E-state index is -0.875. The van der Waals surface area contributed by atoms with Crippen LogP contribution in [-0.4, -0.2) is 29.6 Å². The number of aryl methyl sites for hydroxylation is 1. The van der Waals surface area contributed by atoms with Crippen LogP contribution >= 0.6 is 0 Å². The summed E-state index contributed by atoms with van der Waals surface area (Å²) in [6, 6.07) is 21.7. The molecule has 4 rings (SSSR count). The number of esters is 1. The Hall–Kier alpha value is -3.60. The lowest BCUT2D eigenvalue weighted by Gasteiger charge is -2.31. The molecule has 1 aliphatic rings. The van der Waals surface area contributed by atoms with E-state index in [0.717, 1.165) is 35.2 Å². The summed E-state index contributed by atoms with van der Waals surface area (Å²) < 4.78 is 5.46. The van der Waals surface area contributed by atoms with Crippen LogP contribution in [0.1, 0.15) is 29.3 Å². The van der Waals surface area contributed by atoms with Crippen LogP contribution in [0.25, 0.3) is 11.1 Å². The average molecular weight is 401 g/mol. The van der Waals surface area contributed by atoms with Crippen molar-refractivity contribution < 1.29 is 19.4 Å². The van der Waals surface area contributed by atoms with Crippen molar-refractivity contribution in [3.63, 3.8) is 0 Å². The summed E-state index contributed by atoms with van der Waals surface area (Å²) in [5, 5.41) is 9.41. The van der Waals surface area contributed by atoms with E-state index in [0.29, 0.717) is 12.1 Å². The predicted molar refractivity (Wildman–Crippen MR) is 116 cm³/mol. The van der Waals surface area contributed by atoms with Gasteiger partial charge >= 0.3 is 5.97 Å². The molecule has 1 unspecified atom stereocenters. The number of rotatable bonds is 4. The van der Waals surface area contributed by atoms with Gasteiger partial charge in [0.15, 0.2) is 6.10 Å². The number of nitrogens with zero attached hydrogens (tertiary/aromatic N) is 1. The van der Waals surface area contributed by atoms with Crippen LogP contribution in [-0.2, 0) is 16.0 Å². The normalized spacial score (nSPS) is 14.0. The molecule has 152 valence electrons. The maximum atomic E-state index is 12.9. The molecule has 0 aliphatic carbocycles. The predicted octanol–water partition coefficient (Wildman–Crippen LogP) is 4.58. The monoisotopic (exact) mass is 401 g/mol. The van der Waals surface area contributed by atoms with Crippen LogP contribution in [0.5, 0.6) is 5.75 Å². The van der Waals surface area contributed by atoms with Gasteiger partial charge in [0.05, 0.1) is 5.56 Å². The van der Waals surface area contributed by atoms with Crippen molar-refractivity contribution in [2.45, 2.75) is 25.9 Å². The minimum Gasteiger partial charge on any atom is -0.508 e. The van der Waals surface area contributed by atoms with Crippen molar-refractivity contribution in [1.82, 2.24) is 0 Å². The molecule has 0 spiro atoms. The zero-order chi connectivity index (χ0) is 21.1. The summed E-state index contributed by atoms with van der Waals surface area (Å²) in [5.41, 5.74) is 4.27. The zero-order valence-corrected chi connectivity index (χ0v) is 16.7. The number of ether oxygens (including phenoxy) is 1. The Morgan fingerprint density at radius 3 is 2.27 bits per heavy atom. The van der Waals surface area contributed by atoms with Gasteiger partial charge in [0.25, 0.3) is 5.91 Å². The number of hydrogen-bond acceptors (Lipinski definition) is 4. The van der Waals surface area contributed by atoms with Gasteiger partial charge in [0, 0.05) is 12.2 Å². The van der Waals surface area contributed by atoms with E-state index in [1.54, 1.807) is 48.2 Å². The van der Waals surface area contributed by atoms with Crippen molar-refractivity contribution in [1.29, 1.82) is 0 Å². The second-order valence-electron chi connectivity index (χ2n) is 7.39. The topological polar surface area (TPSA) is 66.8 Å². The molecule has 1 N–H and O–H groups in total. The number of hydrogen-bond donors (Lipinski definition) is 1. The molecular weight excluding hydrogens is 378 g/mol. The molecule has 5 nitrogen and oxygen atoms in total. The largest absolute Gasteiger partial charge is 0.508 e. The lowest BCUT2D eigenvalue weighted by atomic mass is 10.0. The summed E-state index contributed by atoms with van der Waals surface area (Å²) in [6.07, 6.45) is 0.962. The van der Waals surface area contributed by atoms with Crippen molar-refractivity contribution >= 4 is 17.6 Å². The molecule has 1 aliphatic heterocycles. The molecule has 1 heterocycles. The maximum Gasteiger partial charge on any atom is 0.338 e. The Bertz CT molecular complexity index is 1060. The fourth-order valence-electron chi connectivity index (χ4n) is 3.71. The number of amides is 1. The van der Waals surface area contributed by atoms with Gasteiger partial charge in [0.2, 0.25) is 0 Å². The molecule has 0 saturated carbocycles. The van der Waals surface area contributed by atoms with Crippen LogP contribution in [0, 0.1) is 0 Å². The first-order chi connectivity index (χ1) is 14.5. The molecule has 0 fully saturated rings. The molecule has 5 heteroatoms. The number of phenols is 1. The van der Waals surface area contributed by atoms with E-state index >= 15 is 0 Å². The highest BCUT2D eigenvalue weighted by Crippen LogP contribution is 2.28. The molecule has 1 atom stereocenters. The third-order valence-corrected chi connectivity index (χ3v) is 5.33. The van der Waals surface area contributed by atoms with Gasteiger partial charge in [-0.3, -0.25) is 4.79 Å². The number of carbonyl (C=O) groups is 2. The van der Waals surface area contributed by atoms with Gasteiger partial charge in [-0.1, -0.05) is 42.5 Å². The van der Waals surface area contributed by atoms with Crippen LogP contribution in [0.2, 0.25) is 0 Å².